The zero-order valence-corrected chi connectivity index (χ0v) is 17.8. The molecule has 0 unspecified atom stereocenters. The SMILES string of the molecule is O=S(=O)(OCCCCCCCCCC(I)I)c1ccccc1. The maximum atomic E-state index is 11.9. The molecule has 22 heavy (non-hydrogen) atoms. The first-order valence-electron chi connectivity index (χ1n) is 7.75. The van der Waals surface area contributed by atoms with E-state index >= 15 is 0 Å². The van der Waals surface area contributed by atoms with Crippen LogP contribution in [0.15, 0.2) is 35.2 Å². The zero-order chi connectivity index (χ0) is 16.3. The molecule has 0 bridgehead atoms. The first-order valence-corrected chi connectivity index (χ1v) is 11.6. The molecule has 1 rings (SSSR count). The molecule has 0 saturated heterocycles. The third-order valence-electron chi connectivity index (χ3n) is 3.34. The first kappa shape index (κ1) is 20.6. The summed E-state index contributed by atoms with van der Waals surface area (Å²) < 4.78 is 29.5. The molecule has 0 atom stereocenters. The predicted molar refractivity (Wildman–Crippen MR) is 108 cm³/mol. The molecule has 1 aromatic rings. The summed E-state index contributed by atoms with van der Waals surface area (Å²) in [5.41, 5.74) is 0. The highest BCUT2D eigenvalue weighted by Crippen LogP contribution is 2.19. The number of benzene rings is 1. The molecule has 0 radical (unpaired) electrons. The van der Waals surface area contributed by atoms with Crippen LogP contribution in [0.5, 0.6) is 0 Å². The molecule has 0 N–H and O–H groups in total. The molecule has 0 aliphatic heterocycles. The van der Waals surface area contributed by atoms with Crippen LogP contribution in [0, 0.1) is 0 Å². The van der Waals surface area contributed by atoms with Gasteiger partial charge in [0.2, 0.25) is 0 Å². The molecule has 126 valence electrons. The van der Waals surface area contributed by atoms with Crippen LogP contribution >= 0.6 is 45.2 Å². The van der Waals surface area contributed by atoms with Gasteiger partial charge in [-0.2, -0.15) is 8.42 Å². The third kappa shape index (κ3) is 9.67. The molecule has 0 fully saturated rings. The molecule has 0 heterocycles. The Hall–Kier alpha value is 0.590. The topological polar surface area (TPSA) is 43.4 Å². The van der Waals surface area contributed by atoms with Crippen LogP contribution in [0.3, 0.4) is 0 Å². The van der Waals surface area contributed by atoms with Crippen LogP contribution < -0.4 is 0 Å². The quantitative estimate of drug-likeness (QED) is 0.145. The Labute approximate surface area is 162 Å². The minimum Gasteiger partial charge on any atom is -0.266 e. The standard InChI is InChI=1S/C16H24I2O3S/c17-16(18)13-9-4-2-1-3-5-10-14-21-22(19,20)15-11-7-6-8-12-15/h6-8,11-12,16H,1-5,9-10,13-14H2. The minimum absolute atomic E-state index is 0.235. The van der Waals surface area contributed by atoms with Crippen LogP contribution in [-0.2, 0) is 14.3 Å². The minimum atomic E-state index is -3.57. The van der Waals surface area contributed by atoms with Gasteiger partial charge in [0.05, 0.1) is 13.4 Å². The van der Waals surface area contributed by atoms with Crippen LogP contribution in [0.25, 0.3) is 0 Å². The van der Waals surface area contributed by atoms with Gasteiger partial charge in [-0.05, 0) is 25.0 Å². The van der Waals surface area contributed by atoms with E-state index in [4.69, 9.17) is 4.18 Å². The molecule has 1 aromatic carbocycles. The second kappa shape index (κ2) is 12.0. The number of hydrogen-bond acceptors (Lipinski definition) is 3. The second-order valence-corrected chi connectivity index (χ2v) is 12.2. The van der Waals surface area contributed by atoms with Crippen molar-refractivity contribution < 1.29 is 12.6 Å². The van der Waals surface area contributed by atoms with E-state index in [9.17, 15) is 8.42 Å². The summed E-state index contributed by atoms with van der Waals surface area (Å²) in [5, 5.41) is 0. The van der Waals surface area contributed by atoms with Crippen molar-refractivity contribution in [3.05, 3.63) is 30.3 Å². The van der Waals surface area contributed by atoms with E-state index in [1.807, 2.05) is 0 Å². The van der Waals surface area contributed by atoms with E-state index in [1.54, 1.807) is 30.3 Å². The largest absolute Gasteiger partial charge is 0.296 e. The predicted octanol–water partition coefficient (Wildman–Crippen LogP) is 5.71. The fourth-order valence-electron chi connectivity index (χ4n) is 2.11. The van der Waals surface area contributed by atoms with Crippen molar-refractivity contribution in [2.24, 2.45) is 0 Å². The van der Waals surface area contributed by atoms with E-state index in [-0.39, 0.29) is 11.5 Å². The maximum Gasteiger partial charge on any atom is 0.296 e. The van der Waals surface area contributed by atoms with Gasteiger partial charge in [0.25, 0.3) is 10.1 Å². The van der Waals surface area contributed by atoms with Crippen molar-refractivity contribution in [2.45, 2.75) is 58.2 Å². The summed E-state index contributed by atoms with van der Waals surface area (Å²) in [6, 6.07) is 8.32. The molecule has 0 saturated carbocycles. The zero-order valence-electron chi connectivity index (χ0n) is 12.7. The number of rotatable bonds is 12. The number of alkyl halides is 2. The van der Waals surface area contributed by atoms with Gasteiger partial charge in [0, 0.05) is 0 Å². The summed E-state index contributed by atoms with van der Waals surface area (Å²) in [5.74, 6) is 0. The number of unbranched alkanes of at least 4 members (excludes halogenated alkanes) is 6. The number of hydrogen-bond donors (Lipinski definition) is 0. The van der Waals surface area contributed by atoms with Gasteiger partial charge < -0.3 is 0 Å². The fraction of sp³-hybridized carbons (Fsp3) is 0.625. The van der Waals surface area contributed by atoms with Crippen LogP contribution in [0.1, 0.15) is 51.4 Å². The summed E-state index contributed by atoms with van der Waals surface area (Å²) >= 11 is 4.92. The van der Waals surface area contributed by atoms with Crippen molar-refractivity contribution in [2.75, 3.05) is 6.61 Å². The highest BCUT2D eigenvalue weighted by Gasteiger charge is 2.13. The lowest BCUT2D eigenvalue weighted by atomic mass is 10.1. The molecule has 3 nitrogen and oxygen atoms in total. The van der Waals surface area contributed by atoms with Crippen molar-refractivity contribution in [1.29, 1.82) is 0 Å². The van der Waals surface area contributed by atoms with Gasteiger partial charge in [0.15, 0.2) is 0 Å². The van der Waals surface area contributed by atoms with Crippen molar-refractivity contribution in [3.8, 4) is 0 Å². The lowest BCUT2D eigenvalue weighted by Gasteiger charge is -2.06. The normalized spacial score (nSPS) is 12.0. The van der Waals surface area contributed by atoms with E-state index in [0.717, 1.165) is 21.2 Å². The average Bonchev–Trinajstić information content (AvgIpc) is 2.49. The summed E-state index contributed by atoms with van der Waals surface area (Å²) in [4.78, 5) is 0.235. The third-order valence-corrected chi connectivity index (χ3v) is 5.91. The van der Waals surface area contributed by atoms with Gasteiger partial charge in [0.1, 0.15) is 0 Å². The molecule has 0 spiro atoms. The van der Waals surface area contributed by atoms with Crippen LogP contribution in [0.4, 0.5) is 0 Å². The molecule has 6 heteroatoms. The Morgan fingerprint density at radius 3 is 2.00 bits per heavy atom. The van der Waals surface area contributed by atoms with E-state index in [2.05, 4.69) is 45.2 Å². The fourth-order valence-corrected chi connectivity index (χ4v) is 3.95. The van der Waals surface area contributed by atoms with Crippen molar-refractivity contribution >= 4 is 55.3 Å². The smallest absolute Gasteiger partial charge is 0.266 e. The van der Waals surface area contributed by atoms with Crippen LogP contribution in [0.2, 0.25) is 0 Å². The lowest BCUT2D eigenvalue weighted by Crippen LogP contribution is -2.07. The Morgan fingerprint density at radius 1 is 0.864 bits per heavy atom. The lowest BCUT2D eigenvalue weighted by molar-refractivity contribution is 0.306. The Morgan fingerprint density at radius 2 is 1.41 bits per heavy atom. The molecule has 0 amide bonds. The molecular weight excluding hydrogens is 526 g/mol. The van der Waals surface area contributed by atoms with Gasteiger partial charge in [-0.1, -0.05) is 102 Å². The van der Waals surface area contributed by atoms with Crippen molar-refractivity contribution in [1.82, 2.24) is 0 Å². The molecule has 0 aliphatic rings. The van der Waals surface area contributed by atoms with Gasteiger partial charge in [-0.25, -0.2) is 0 Å². The Bertz CT molecular complexity index is 489. The average molecular weight is 550 g/mol. The van der Waals surface area contributed by atoms with Gasteiger partial charge >= 0.3 is 0 Å². The molecular formula is C16H24I2O3S. The Kier molecular flexibility index (Phi) is 11.3. The van der Waals surface area contributed by atoms with E-state index < -0.39 is 10.1 Å². The maximum absolute atomic E-state index is 11.9. The highest BCUT2D eigenvalue weighted by atomic mass is 127. The van der Waals surface area contributed by atoms with Gasteiger partial charge in [-0.3, -0.25) is 4.18 Å². The number of halogens is 2. The van der Waals surface area contributed by atoms with Gasteiger partial charge in [-0.15, -0.1) is 0 Å². The van der Waals surface area contributed by atoms with Crippen molar-refractivity contribution in [3.63, 3.8) is 0 Å². The van der Waals surface area contributed by atoms with E-state index in [1.165, 1.54) is 32.1 Å². The summed E-state index contributed by atoms with van der Waals surface area (Å²) in [6.45, 7) is 0.280. The summed E-state index contributed by atoms with van der Waals surface area (Å²) in [6.07, 6.45) is 9.43. The first-order chi connectivity index (χ1) is 10.5. The monoisotopic (exact) mass is 550 g/mol. The molecule has 0 aromatic heterocycles. The summed E-state index contributed by atoms with van der Waals surface area (Å²) in [7, 11) is -3.57. The van der Waals surface area contributed by atoms with Crippen LogP contribution in [-0.4, -0.2) is 17.0 Å². The van der Waals surface area contributed by atoms with E-state index in [0.29, 0.717) is 0 Å². The Balaban J connectivity index is 2.02. The second-order valence-electron chi connectivity index (χ2n) is 5.24. The molecule has 0 aliphatic carbocycles. The highest BCUT2D eigenvalue weighted by molar-refractivity contribution is 14.2.